The quantitative estimate of drug-likeness (QED) is 0.607. The molecule has 0 spiro atoms. The van der Waals surface area contributed by atoms with Gasteiger partial charge < -0.3 is 19.9 Å². The van der Waals surface area contributed by atoms with Crippen LogP contribution in [0.1, 0.15) is 10.4 Å². The number of aryl methyl sites for hydroxylation is 1. The van der Waals surface area contributed by atoms with E-state index in [0.29, 0.717) is 5.56 Å². The van der Waals surface area contributed by atoms with Crippen LogP contribution in [0.4, 0.5) is 0 Å². The van der Waals surface area contributed by atoms with E-state index in [1.54, 1.807) is 30.6 Å². The van der Waals surface area contributed by atoms with Crippen molar-refractivity contribution < 1.29 is 19.5 Å². The fourth-order valence-corrected chi connectivity index (χ4v) is 3.20. The Morgan fingerprint density at radius 3 is 2.41 bits per heavy atom. The Kier molecular flexibility index (Phi) is 5.74. The average Bonchev–Trinajstić information content (AvgIpc) is 3.13. The molecular formula is C21H22N4O4. The number of fused-ring (bicyclic) bond motifs is 1. The molecule has 0 aliphatic carbocycles. The summed E-state index contributed by atoms with van der Waals surface area (Å²) in [5.41, 5.74) is 4.10. The fourth-order valence-electron chi connectivity index (χ4n) is 3.20. The van der Waals surface area contributed by atoms with Crippen LogP contribution in [0.3, 0.4) is 0 Å². The van der Waals surface area contributed by atoms with Gasteiger partial charge in [0, 0.05) is 26.7 Å². The molecule has 3 aromatic rings. The number of nitrogens with one attached hydrogen (secondary N) is 1. The standard InChI is InChI=1S/C21H22N4O4/c1-22-20(28)19(18(27)11-26)25(3)21(29)14-6-4-13(5-7-14)15-8-9-17-16(10-15)23-12-24(17)2/h4-10,12,19,26H,11H2,1-3H3,(H,22,28). The molecule has 0 saturated heterocycles. The third-order valence-corrected chi connectivity index (χ3v) is 4.85. The Labute approximate surface area is 167 Å². The Hall–Kier alpha value is -3.52. The van der Waals surface area contributed by atoms with Crippen LogP contribution in [0.25, 0.3) is 22.2 Å². The van der Waals surface area contributed by atoms with Gasteiger partial charge in [0.1, 0.15) is 6.61 Å². The minimum Gasteiger partial charge on any atom is -0.388 e. The van der Waals surface area contributed by atoms with Crippen molar-refractivity contribution in [3.05, 3.63) is 54.4 Å². The maximum atomic E-state index is 12.8. The van der Waals surface area contributed by atoms with Gasteiger partial charge in [0.25, 0.3) is 5.91 Å². The number of carbonyl (C=O) groups excluding carboxylic acids is 3. The molecule has 0 aliphatic heterocycles. The third-order valence-electron chi connectivity index (χ3n) is 4.85. The summed E-state index contributed by atoms with van der Waals surface area (Å²) in [6, 6.07) is 11.4. The summed E-state index contributed by atoms with van der Waals surface area (Å²) in [6.07, 6.45) is 1.75. The number of Topliss-reactive ketones (excluding diaryl/α,β-unsaturated/α-hetero) is 1. The largest absolute Gasteiger partial charge is 0.388 e. The maximum Gasteiger partial charge on any atom is 0.254 e. The second-order valence-electron chi connectivity index (χ2n) is 6.69. The summed E-state index contributed by atoms with van der Waals surface area (Å²) in [7, 11) is 4.66. The van der Waals surface area contributed by atoms with Gasteiger partial charge in [-0.1, -0.05) is 18.2 Å². The first-order chi connectivity index (χ1) is 13.9. The fraction of sp³-hybridized carbons (Fsp3) is 0.238. The smallest absolute Gasteiger partial charge is 0.254 e. The van der Waals surface area contributed by atoms with Gasteiger partial charge in [-0.3, -0.25) is 14.4 Å². The molecule has 1 atom stereocenters. The number of imidazole rings is 1. The Bertz CT molecular complexity index is 1060. The molecule has 150 valence electrons. The van der Waals surface area contributed by atoms with Crippen LogP contribution in [-0.4, -0.2) is 63.9 Å². The van der Waals surface area contributed by atoms with Crippen molar-refractivity contribution in [3.63, 3.8) is 0 Å². The number of likely N-dealkylation sites (N-methyl/N-ethyl adjacent to an activating group) is 2. The molecule has 0 fully saturated rings. The molecule has 8 heteroatoms. The molecule has 3 rings (SSSR count). The maximum absolute atomic E-state index is 12.8. The van der Waals surface area contributed by atoms with Gasteiger partial charge in [0.2, 0.25) is 5.91 Å². The lowest BCUT2D eigenvalue weighted by Crippen LogP contribution is -2.52. The highest BCUT2D eigenvalue weighted by atomic mass is 16.3. The Morgan fingerprint density at radius 1 is 1.14 bits per heavy atom. The van der Waals surface area contributed by atoms with E-state index in [2.05, 4.69) is 10.3 Å². The lowest BCUT2D eigenvalue weighted by molar-refractivity contribution is -0.135. The molecule has 0 saturated carbocycles. The first kappa shape index (κ1) is 20.2. The Balaban J connectivity index is 1.85. The van der Waals surface area contributed by atoms with Crippen LogP contribution in [-0.2, 0) is 16.6 Å². The van der Waals surface area contributed by atoms with Crippen LogP contribution in [0.5, 0.6) is 0 Å². The van der Waals surface area contributed by atoms with E-state index in [9.17, 15) is 14.4 Å². The number of hydrogen-bond acceptors (Lipinski definition) is 5. The monoisotopic (exact) mass is 394 g/mol. The van der Waals surface area contributed by atoms with E-state index >= 15 is 0 Å². The number of nitrogens with zero attached hydrogens (tertiary/aromatic N) is 3. The zero-order valence-electron chi connectivity index (χ0n) is 16.4. The molecule has 1 heterocycles. The van der Waals surface area contributed by atoms with E-state index in [4.69, 9.17) is 5.11 Å². The van der Waals surface area contributed by atoms with Crippen molar-refractivity contribution in [1.29, 1.82) is 0 Å². The van der Waals surface area contributed by atoms with Crippen molar-refractivity contribution in [1.82, 2.24) is 19.8 Å². The summed E-state index contributed by atoms with van der Waals surface area (Å²) >= 11 is 0. The average molecular weight is 394 g/mol. The topological polar surface area (TPSA) is 105 Å². The van der Waals surface area contributed by atoms with Crippen LogP contribution in [0.15, 0.2) is 48.8 Å². The SMILES string of the molecule is CNC(=O)C(C(=O)CO)N(C)C(=O)c1ccc(-c2ccc3c(c2)ncn3C)cc1. The van der Waals surface area contributed by atoms with E-state index in [1.165, 1.54) is 14.1 Å². The van der Waals surface area contributed by atoms with Crippen LogP contribution in [0, 0.1) is 0 Å². The molecule has 0 radical (unpaired) electrons. The Morgan fingerprint density at radius 2 is 1.79 bits per heavy atom. The minimum absolute atomic E-state index is 0.329. The van der Waals surface area contributed by atoms with Gasteiger partial charge in [0.15, 0.2) is 11.8 Å². The third kappa shape index (κ3) is 3.88. The molecule has 1 aromatic heterocycles. The van der Waals surface area contributed by atoms with E-state index in [0.717, 1.165) is 27.1 Å². The molecule has 2 N–H and O–H groups in total. The number of aliphatic hydroxyl groups is 1. The lowest BCUT2D eigenvalue weighted by atomic mass is 10.0. The molecule has 1 unspecified atom stereocenters. The number of rotatable bonds is 6. The highest BCUT2D eigenvalue weighted by Crippen LogP contribution is 2.24. The number of amides is 2. The van der Waals surface area contributed by atoms with Crippen molar-refractivity contribution in [3.8, 4) is 11.1 Å². The van der Waals surface area contributed by atoms with Gasteiger partial charge >= 0.3 is 0 Å². The zero-order valence-corrected chi connectivity index (χ0v) is 16.4. The number of aliphatic hydroxyl groups excluding tert-OH is 1. The lowest BCUT2D eigenvalue weighted by Gasteiger charge is -2.25. The van der Waals surface area contributed by atoms with E-state index in [-0.39, 0.29) is 0 Å². The van der Waals surface area contributed by atoms with Crippen molar-refractivity contribution in [2.75, 3.05) is 20.7 Å². The van der Waals surface area contributed by atoms with Crippen LogP contribution < -0.4 is 5.32 Å². The van der Waals surface area contributed by atoms with Crippen LogP contribution >= 0.6 is 0 Å². The molecule has 2 aromatic carbocycles. The number of benzene rings is 2. The summed E-state index contributed by atoms with van der Waals surface area (Å²) < 4.78 is 1.94. The summed E-state index contributed by atoms with van der Waals surface area (Å²) in [4.78, 5) is 42.1. The van der Waals surface area contributed by atoms with Gasteiger partial charge in [-0.05, 0) is 35.4 Å². The van der Waals surface area contributed by atoms with Crippen molar-refractivity contribution in [2.24, 2.45) is 7.05 Å². The normalized spacial score (nSPS) is 11.9. The molecule has 29 heavy (non-hydrogen) atoms. The predicted octanol–water partition coefficient (Wildman–Crippen LogP) is 0.988. The number of ketones is 1. The number of carbonyl (C=O) groups is 3. The molecule has 0 bridgehead atoms. The van der Waals surface area contributed by atoms with Gasteiger partial charge in [-0.15, -0.1) is 0 Å². The van der Waals surface area contributed by atoms with Crippen LogP contribution in [0.2, 0.25) is 0 Å². The molecular weight excluding hydrogens is 372 g/mol. The summed E-state index contributed by atoms with van der Waals surface area (Å²) in [5.74, 6) is -1.90. The van der Waals surface area contributed by atoms with Crippen molar-refractivity contribution in [2.45, 2.75) is 6.04 Å². The van der Waals surface area contributed by atoms with Gasteiger partial charge in [-0.25, -0.2) is 4.98 Å². The number of hydrogen-bond donors (Lipinski definition) is 2. The van der Waals surface area contributed by atoms with Crippen molar-refractivity contribution >= 4 is 28.6 Å². The number of aromatic nitrogens is 2. The second-order valence-corrected chi connectivity index (χ2v) is 6.69. The highest BCUT2D eigenvalue weighted by molar-refractivity contribution is 6.10. The zero-order chi connectivity index (χ0) is 21.1. The molecule has 0 aliphatic rings. The van der Waals surface area contributed by atoms with Gasteiger partial charge in [0.05, 0.1) is 17.4 Å². The summed E-state index contributed by atoms with van der Waals surface area (Å²) in [5, 5.41) is 11.5. The molecule has 8 nitrogen and oxygen atoms in total. The first-order valence-electron chi connectivity index (χ1n) is 9.01. The van der Waals surface area contributed by atoms with E-state index < -0.39 is 30.2 Å². The first-order valence-corrected chi connectivity index (χ1v) is 9.01. The van der Waals surface area contributed by atoms with Gasteiger partial charge in [-0.2, -0.15) is 0 Å². The minimum atomic E-state index is -1.39. The van der Waals surface area contributed by atoms with E-state index in [1.807, 2.05) is 29.8 Å². The highest BCUT2D eigenvalue weighted by Gasteiger charge is 2.32. The predicted molar refractivity (Wildman–Crippen MR) is 108 cm³/mol. The summed E-state index contributed by atoms with van der Waals surface area (Å²) in [6.45, 7) is -0.829. The second kappa shape index (κ2) is 8.24. The molecule has 2 amide bonds.